The predicted octanol–water partition coefficient (Wildman–Crippen LogP) is 3.32. The number of hydrogen-bond acceptors (Lipinski definition) is 6. The molecule has 0 radical (unpaired) electrons. The van der Waals surface area contributed by atoms with Crippen molar-refractivity contribution < 1.29 is 22.9 Å². The highest BCUT2D eigenvalue weighted by Gasteiger charge is 2.28. The number of sulfonamides is 1. The Morgan fingerprint density at radius 1 is 1.22 bits per heavy atom. The first-order valence-corrected chi connectivity index (χ1v) is 9.67. The number of ether oxygens (including phenoxy) is 1. The first-order valence-electron chi connectivity index (χ1n) is 7.85. The van der Waals surface area contributed by atoms with Gasteiger partial charge in [-0.25, -0.2) is 8.42 Å². The van der Waals surface area contributed by atoms with Crippen LogP contribution in [0.15, 0.2) is 47.4 Å². The molecule has 0 unspecified atom stereocenters. The van der Waals surface area contributed by atoms with E-state index in [0.29, 0.717) is 5.02 Å². The summed E-state index contributed by atoms with van der Waals surface area (Å²) in [6.45, 7) is 2.90. The number of rotatable bonds is 7. The first-order chi connectivity index (χ1) is 12.7. The summed E-state index contributed by atoms with van der Waals surface area (Å²) >= 11 is 6.09. The Labute approximate surface area is 161 Å². The summed E-state index contributed by atoms with van der Waals surface area (Å²) in [7, 11) is -4.19. The van der Waals surface area contributed by atoms with Gasteiger partial charge in [0.25, 0.3) is 15.7 Å². The second-order valence-corrected chi connectivity index (χ2v) is 7.77. The van der Waals surface area contributed by atoms with E-state index in [9.17, 15) is 23.3 Å². The molecule has 0 N–H and O–H groups in total. The lowest BCUT2D eigenvalue weighted by Crippen LogP contribution is -2.36. The maximum atomic E-state index is 13.1. The molecule has 2 rings (SSSR count). The van der Waals surface area contributed by atoms with E-state index in [-0.39, 0.29) is 22.9 Å². The van der Waals surface area contributed by atoms with Crippen LogP contribution in [0.5, 0.6) is 0 Å². The summed E-state index contributed by atoms with van der Waals surface area (Å²) in [5, 5.41) is 11.1. The molecule has 0 spiro atoms. The molecule has 0 fully saturated rings. The van der Waals surface area contributed by atoms with E-state index in [0.717, 1.165) is 34.1 Å². The average Bonchev–Trinajstić information content (AvgIpc) is 2.62. The van der Waals surface area contributed by atoms with Crippen LogP contribution in [0.2, 0.25) is 5.02 Å². The van der Waals surface area contributed by atoms with Crippen LogP contribution in [0.3, 0.4) is 0 Å². The molecule has 0 aliphatic rings. The zero-order valence-corrected chi connectivity index (χ0v) is 16.2. The number of nitro benzene ring substituents is 1. The molecule has 0 heterocycles. The highest BCUT2D eigenvalue weighted by atomic mass is 35.5. The molecule has 0 amide bonds. The maximum Gasteiger partial charge on any atom is 0.326 e. The summed E-state index contributed by atoms with van der Waals surface area (Å²) < 4.78 is 31.8. The topological polar surface area (TPSA) is 107 Å². The predicted molar refractivity (Wildman–Crippen MR) is 100 cm³/mol. The van der Waals surface area contributed by atoms with Crippen LogP contribution in [0, 0.1) is 17.0 Å². The van der Waals surface area contributed by atoms with Gasteiger partial charge in [0.15, 0.2) is 0 Å². The number of benzene rings is 2. The maximum absolute atomic E-state index is 13.1. The van der Waals surface area contributed by atoms with E-state index in [1.54, 1.807) is 19.9 Å². The van der Waals surface area contributed by atoms with Crippen molar-refractivity contribution in [3.8, 4) is 0 Å². The van der Waals surface area contributed by atoms with Crippen LogP contribution in [-0.2, 0) is 19.6 Å². The molecule has 0 aromatic heterocycles. The summed E-state index contributed by atoms with van der Waals surface area (Å²) in [6, 6.07) is 8.96. The van der Waals surface area contributed by atoms with Gasteiger partial charge >= 0.3 is 5.97 Å². The van der Waals surface area contributed by atoms with E-state index in [1.807, 2.05) is 0 Å². The van der Waals surface area contributed by atoms with E-state index in [1.165, 1.54) is 12.1 Å². The second kappa shape index (κ2) is 8.36. The highest BCUT2D eigenvalue weighted by Crippen LogP contribution is 2.28. The molecule has 10 heteroatoms. The molecule has 27 heavy (non-hydrogen) atoms. The monoisotopic (exact) mass is 412 g/mol. The largest absolute Gasteiger partial charge is 0.465 e. The van der Waals surface area contributed by atoms with E-state index in [2.05, 4.69) is 0 Å². The molecule has 2 aromatic carbocycles. The number of non-ortho nitro benzene ring substituents is 1. The fourth-order valence-electron chi connectivity index (χ4n) is 2.24. The number of anilines is 1. The van der Waals surface area contributed by atoms with Crippen molar-refractivity contribution in [2.45, 2.75) is 18.7 Å². The van der Waals surface area contributed by atoms with Crippen molar-refractivity contribution in [1.29, 1.82) is 0 Å². The Kier molecular flexibility index (Phi) is 6.40. The SMILES string of the molecule is CCOC(=O)CN(c1ccc(C)c(Cl)c1)S(=O)(=O)c1ccc([N+](=O)[O-])cc1. The molecular formula is C17H17ClN2O6S. The molecule has 0 bridgehead atoms. The third-order valence-corrected chi connectivity index (χ3v) is 5.85. The van der Waals surface area contributed by atoms with Gasteiger partial charge in [-0.3, -0.25) is 19.2 Å². The zero-order chi connectivity index (χ0) is 20.2. The van der Waals surface area contributed by atoms with Gasteiger partial charge in [-0.1, -0.05) is 17.7 Å². The summed E-state index contributed by atoms with van der Waals surface area (Å²) in [6.07, 6.45) is 0. The van der Waals surface area contributed by atoms with Crippen molar-refractivity contribution in [3.05, 3.63) is 63.2 Å². The lowest BCUT2D eigenvalue weighted by atomic mass is 10.2. The minimum absolute atomic E-state index is 0.0961. The van der Waals surface area contributed by atoms with E-state index >= 15 is 0 Å². The van der Waals surface area contributed by atoms with Gasteiger partial charge in [0.1, 0.15) is 6.54 Å². The number of carbonyl (C=O) groups excluding carboxylic acids is 1. The number of aryl methyl sites for hydroxylation is 1. The van der Waals surface area contributed by atoms with Gasteiger partial charge in [0.2, 0.25) is 0 Å². The smallest absolute Gasteiger partial charge is 0.326 e. The van der Waals surface area contributed by atoms with Crippen LogP contribution in [0.4, 0.5) is 11.4 Å². The van der Waals surface area contributed by atoms with Crippen molar-refractivity contribution in [2.24, 2.45) is 0 Å². The molecule has 0 atom stereocenters. The lowest BCUT2D eigenvalue weighted by molar-refractivity contribution is -0.384. The van der Waals surface area contributed by atoms with Crippen LogP contribution in [0.1, 0.15) is 12.5 Å². The number of nitro groups is 1. The number of hydrogen-bond donors (Lipinski definition) is 0. The number of halogens is 1. The quantitative estimate of drug-likeness (QED) is 0.392. The summed E-state index contributed by atoms with van der Waals surface area (Å²) in [5.41, 5.74) is 0.672. The van der Waals surface area contributed by atoms with Crippen molar-refractivity contribution in [3.63, 3.8) is 0 Å². The number of nitrogens with zero attached hydrogens (tertiary/aromatic N) is 2. The van der Waals surface area contributed by atoms with Gasteiger partial charge in [-0.05, 0) is 43.7 Å². The Morgan fingerprint density at radius 2 is 1.85 bits per heavy atom. The molecule has 0 saturated carbocycles. The van der Waals surface area contributed by atoms with Crippen LogP contribution < -0.4 is 4.31 Å². The minimum atomic E-state index is -4.19. The van der Waals surface area contributed by atoms with E-state index in [4.69, 9.17) is 16.3 Å². The van der Waals surface area contributed by atoms with Gasteiger partial charge in [0.05, 0.1) is 22.1 Å². The van der Waals surface area contributed by atoms with Gasteiger partial charge in [0, 0.05) is 17.2 Å². The molecule has 144 valence electrons. The average molecular weight is 413 g/mol. The highest BCUT2D eigenvalue weighted by molar-refractivity contribution is 7.92. The van der Waals surface area contributed by atoms with Crippen LogP contribution in [0.25, 0.3) is 0 Å². The van der Waals surface area contributed by atoms with Gasteiger partial charge in [-0.15, -0.1) is 0 Å². The third kappa shape index (κ3) is 4.75. The molecule has 0 saturated heterocycles. The van der Waals surface area contributed by atoms with Crippen LogP contribution >= 0.6 is 11.6 Å². The van der Waals surface area contributed by atoms with Crippen molar-refractivity contribution in [2.75, 3.05) is 17.5 Å². The Hall–Kier alpha value is -2.65. The second-order valence-electron chi connectivity index (χ2n) is 5.50. The van der Waals surface area contributed by atoms with Gasteiger partial charge in [-0.2, -0.15) is 0 Å². The normalized spacial score (nSPS) is 11.1. The Morgan fingerprint density at radius 3 is 2.37 bits per heavy atom. The molecule has 2 aromatic rings. The molecule has 0 aliphatic heterocycles. The summed E-state index contributed by atoms with van der Waals surface area (Å²) in [4.78, 5) is 21.9. The molecule has 0 aliphatic carbocycles. The van der Waals surface area contributed by atoms with E-state index < -0.39 is 27.5 Å². The van der Waals surface area contributed by atoms with Crippen molar-refractivity contribution in [1.82, 2.24) is 0 Å². The first kappa shape index (κ1) is 20.7. The zero-order valence-electron chi connectivity index (χ0n) is 14.6. The number of carbonyl (C=O) groups is 1. The molecular weight excluding hydrogens is 396 g/mol. The third-order valence-electron chi connectivity index (χ3n) is 3.66. The standard InChI is InChI=1S/C17H17ClN2O6S/c1-3-26-17(21)11-19(14-5-4-12(2)16(18)10-14)27(24,25)15-8-6-13(7-9-15)20(22)23/h4-10H,3,11H2,1-2H3. The van der Waals surface area contributed by atoms with Crippen molar-refractivity contribution >= 4 is 39.0 Å². The fourth-order valence-corrected chi connectivity index (χ4v) is 3.82. The minimum Gasteiger partial charge on any atom is -0.465 e. The number of esters is 1. The lowest BCUT2D eigenvalue weighted by Gasteiger charge is -2.24. The summed E-state index contributed by atoms with van der Waals surface area (Å²) in [5.74, 6) is -0.736. The Bertz CT molecular complexity index is 960. The molecule has 8 nitrogen and oxygen atoms in total. The fraction of sp³-hybridized carbons (Fsp3) is 0.235. The van der Waals surface area contributed by atoms with Crippen LogP contribution in [-0.4, -0.2) is 32.5 Å². The Balaban J connectivity index is 2.51. The van der Waals surface area contributed by atoms with Gasteiger partial charge < -0.3 is 4.74 Å².